The van der Waals surface area contributed by atoms with Gasteiger partial charge in [0, 0.05) is 6.42 Å². The number of nitrogens with two attached hydrogens (primary N) is 1. The molecule has 0 radical (unpaired) electrons. The van der Waals surface area contributed by atoms with Gasteiger partial charge < -0.3 is 5.73 Å². The van der Waals surface area contributed by atoms with Gasteiger partial charge in [-0.2, -0.15) is 0 Å². The van der Waals surface area contributed by atoms with Crippen molar-refractivity contribution in [3.8, 4) is 0 Å². The lowest BCUT2D eigenvalue weighted by atomic mass is 9.71. The molecule has 0 saturated heterocycles. The van der Waals surface area contributed by atoms with E-state index in [1.807, 2.05) is 0 Å². The highest BCUT2D eigenvalue weighted by molar-refractivity contribution is 5.76. The highest BCUT2D eigenvalue weighted by Crippen LogP contribution is 2.41. The largest absolute Gasteiger partial charge is 0.388 e. The monoisotopic (exact) mass is 268 g/mol. The highest BCUT2D eigenvalue weighted by Gasteiger charge is 2.27. The van der Waals surface area contributed by atoms with Gasteiger partial charge in [-0.25, -0.2) is 0 Å². The van der Waals surface area contributed by atoms with E-state index in [1.54, 1.807) is 0 Å². The molecule has 0 amide bonds. The average molecular weight is 268 g/mol. The minimum atomic E-state index is 0.357. The smallest absolute Gasteiger partial charge is 0.0905 e. The predicted molar refractivity (Wildman–Crippen MR) is 86.8 cm³/mol. The van der Waals surface area contributed by atoms with Crippen LogP contribution >= 0.6 is 0 Å². The van der Waals surface area contributed by atoms with Gasteiger partial charge in [0.25, 0.3) is 0 Å². The summed E-state index contributed by atoms with van der Waals surface area (Å²) in [6.07, 6.45) is 15.2. The van der Waals surface area contributed by atoms with Gasteiger partial charge >= 0.3 is 0 Å². The number of hydrogen-bond acceptors (Lipinski definition) is 1. The van der Waals surface area contributed by atoms with Crippen molar-refractivity contribution in [3.63, 3.8) is 0 Å². The fourth-order valence-corrected chi connectivity index (χ4v) is 3.06. The molecule has 2 heteroatoms. The molecule has 3 N–H and O–H groups in total. The highest BCUT2D eigenvalue weighted by atomic mass is 14.7. The summed E-state index contributed by atoms with van der Waals surface area (Å²) >= 11 is 0. The summed E-state index contributed by atoms with van der Waals surface area (Å²) in [6, 6.07) is 0. The normalized spacial score (nSPS) is 11.7. The van der Waals surface area contributed by atoms with Crippen LogP contribution in [0.4, 0.5) is 0 Å². The van der Waals surface area contributed by atoms with Crippen LogP contribution in [-0.4, -0.2) is 5.84 Å². The number of unbranched alkanes of at least 4 members (excludes halogenated alkanes) is 3. The van der Waals surface area contributed by atoms with Crippen molar-refractivity contribution < 1.29 is 0 Å². The van der Waals surface area contributed by atoms with Crippen LogP contribution < -0.4 is 5.73 Å². The Bertz CT molecular complexity index is 202. The third-order valence-electron chi connectivity index (χ3n) is 4.34. The standard InChI is InChI=1S/C17H36N2/c1-4-7-12-17(13-8-5-2,14-9-6-3)15-10-11-16(18)19/h4-15H2,1-3H3,(H3,18,19). The fourth-order valence-electron chi connectivity index (χ4n) is 3.06. The van der Waals surface area contributed by atoms with Gasteiger partial charge in [-0.3, -0.25) is 5.41 Å². The molecular weight excluding hydrogens is 232 g/mol. The van der Waals surface area contributed by atoms with E-state index in [2.05, 4.69) is 20.8 Å². The maximum Gasteiger partial charge on any atom is 0.0905 e. The lowest BCUT2D eigenvalue weighted by molar-refractivity contribution is 0.179. The average Bonchev–Trinajstić information content (AvgIpc) is 2.39. The van der Waals surface area contributed by atoms with Crippen LogP contribution in [0.5, 0.6) is 0 Å². The third-order valence-corrected chi connectivity index (χ3v) is 4.34. The second-order valence-corrected chi connectivity index (χ2v) is 6.19. The fraction of sp³-hybridized carbons (Fsp3) is 0.941. The predicted octanol–water partition coefficient (Wildman–Crippen LogP) is 5.65. The van der Waals surface area contributed by atoms with E-state index in [1.165, 1.54) is 64.2 Å². The van der Waals surface area contributed by atoms with Crippen LogP contribution in [0.3, 0.4) is 0 Å². The molecule has 0 aromatic heterocycles. The Kier molecular flexibility index (Phi) is 11.0. The summed E-state index contributed by atoms with van der Waals surface area (Å²) in [7, 11) is 0. The lowest BCUT2D eigenvalue weighted by Gasteiger charge is -2.34. The van der Waals surface area contributed by atoms with E-state index in [9.17, 15) is 0 Å². The molecule has 0 aromatic carbocycles. The molecule has 0 unspecified atom stereocenters. The topological polar surface area (TPSA) is 49.9 Å². The summed E-state index contributed by atoms with van der Waals surface area (Å²) in [4.78, 5) is 0. The van der Waals surface area contributed by atoms with Gasteiger partial charge in [0.2, 0.25) is 0 Å². The molecule has 0 atom stereocenters. The first-order chi connectivity index (χ1) is 9.10. The maximum absolute atomic E-state index is 7.39. The Labute approximate surface area is 121 Å². The summed E-state index contributed by atoms with van der Waals surface area (Å²) < 4.78 is 0. The van der Waals surface area contributed by atoms with Crippen molar-refractivity contribution in [1.82, 2.24) is 0 Å². The Balaban J connectivity index is 4.51. The molecule has 0 aromatic rings. The molecule has 2 nitrogen and oxygen atoms in total. The van der Waals surface area contributed by atoms with Crippen LogP contribution in [0.2, 0.25) is 0 Å². The van der Waals surface area contributed by atoms with Crippen molar-refractivity contribution in [2.24, 2.45) is 11.1 Å². The molecule has 114 valence electrons. The molecule has 0 bridgehead atoms. The maximum atomic E-state index is 7.39. The van der Waals surface area contributed by atoms with Crippen LogP contribution in [-0.2, 0) is 0 Å². The number of amidine groups is 1. The lowest BCUT2D eigenvalue weighted by Crippen LogP contribution is -2.22. The Morgan fingerprint density at radius 2 is 1.16 bits per heavy atom. The summed E-state index contributed by atoms with van der Waals surface area (Å²) in [6.45, 7) is 6.87. The minimum Gasteiger partial charge on any atom is -0.388 e. The van der Waals surface area contributed by atoms with E-state index < -0.39 is 0 Å². The molecule has 0 heterocycles. The second kappa shape index (κ2) is 11.3. The number of rotatable bonds is 13. The zero-order valence-corrected chi connectivity index (χ0v) is 13.6. The number of nitrogens with one attached hydrogen (secondary N) is 1. The van der Waals surface area contributed by atoms with E-state index >= 15 is 0 Å². The first-order valence-electron chi connectivity index (χ1n) is 8.43. The molecule has 0 aliphatic rings. The van der Waals surface area contributed by atoms with Crippen molar-refractivity contribution >= 4 is 5.84 Å². The van der Waals surface area contributed by atoms with Crippen LogP contribution in [0.15, 0.2) is 0 Å². The van der Waals surface area contributed by atoms with E-state index in [4.69, 9.17) is 11.1 Å². The van der Waals surface area contributed by atoms with Gasteiger partial charge in [-0.15, -0.1) is 0 Å². The molecule has 0 spiro atoms. The first kappa shape index (κ1) is 18.5. The zero-order valence-electron chi connectivity index (χ0n) is 13.6. The number of hydrogen-bond donors (Lipinski definition) is 2. The Morgan fingerprint density at radius 1 is 0.789 bits per heavy atom. The van der Waals surface area contributed by atoms with Crippen LogP contribution in [0.25, 0.3) is 0 Å². The molecule has 19 heavy (non-hydrogen) atoms. The summed E-state index contributed by atoms with van der Waals surface area (Å²) in [5, 5.41) is 7.39. The van der Waals surface area contributed by atoms with E-state index in [-0.39, 0.29) is 0 Å². The SMILES string of the molecule is CCCCC(CCCC)(CCCC)CCCC(=N)N. The van der Waals surface area contributed by atoms with Crippen molar-refractivity contribution in [3.05, 3.63) is 0 Å². The van der Waals surface area contributed by atoms with Crippen molar-refractivity contribution in [2.75, 3.05) is 0 Å². The Morgan fingerprint density at radius 3 is 1.47 bits per heavy atom. The molecule has 0 rings (SSSR count). The van der Waals surface area contributed by atoms with E-state index in [0.29, 0.717) is 11.3 Å². The first-order valence-corrected chi connectivity index (χ1v) is 8.43. The Hall–Kier alpha value is -0.530. The van der Waals surface area contributed by atoms with Crippen molar-refractivity contribution in [2.45, 2.75) is 97.8 Å². The quantitative estimate of drug-likeness (QED) is 0.329. The van der Waals surface area contributed by atoms with Gasteiger partial charge in [-0.05, 0) is 37.5 Å². The van der Waals surface area contributed by atoms with Crippen LogP contribution in [0.1, 0.15) is 97.8 Å². The van der Waals surface area contributed by atoms with Gasteiger partial charge in [0.05, 0.1) is 5.84 Å². The van der Waals surface area contributed by atoms with Crippen molar-refractivity contribution in [1.29, 1.82) is 5.41 Å². The molecule has 0 fully saturated rings. The van der Waals surface area contributed by atoms with Gasteiger partial charge in [0.15, 0.2) is 0 Å². The second-order valence-electron chi connectivity index (χ2n) is 6.19. The summed E-state index contributed by atoms with van der Waals surface area (Å²) in [5.74, 6) is 0.357. The van der Waals surface area contributed by atoms with Gasteiger partial charge in [0.1, 0.15) is 0 Å². The van der Waals surface area contributed by atoms with Crippen LogP contribution in [0, 0.1) is 10.8 Å². The molecule has 0 aliphatic carbocycles. The van der Waals surface area contributed by atoms with E-state index in [0.717, 1.165) is 12.8 Å². The minimum absolute atomic E-state index is 0.357. The molecule has 0 aliphatic heterocycles. The third kappa shape index (κ3) is 9.07. The summed E-state index contributed by atoms with van der Waals surface area (Å²) in [5.41, 5.74) is 6.04. The zero-order chi connectivity index (χ0) is 14.6. The molecule has 0 saturated carbocycles. The molecular formula is C17H36N2. The van der Waals surface area contributed by atoms with Gasteiger partial charge in [-0.1, -0.05) is 59.3 Å².